The fourth-order valence-corrected chi connectivity index (χ4v) is 3.68. The van der Waals surface area contributed by atoms with Crippen molar-refractivity contribution < 1.29 is 19.4 Å². The molecule has 0 spiro atoms. The molecule has 1 aromatic rings. The van der Waals surface area contributed by atoms with Crippen molar-refractivity contribution in [3.05, 3.63) is 34.3 Å². The van der Waals surface area contributed by atoms with Gasteiger partial charge < -0.3 is 20.0 Å². The van der Waals surface area contributed by atoms with E-state index in [1.165, 1.54) is 0 Å². The lowest BCUT2D eigenvalue weighted by Crippen LogP contribution is -2.48. The molecule has 2 aliphatic heterocycles. The normalized spacial score (nSPS) is 30.3. The molecule has 2 heterocycles. The molecule has 2 fully saturated rings. The summed E-state index contributed by atoms with van der Waals surface area (Å²) in [7, 11) is 0. The number of carboxylic acids is 1. The number of carboxylic acid groups (broad SMARTS) is 1. The quantitative estimate of drug-likeness (QED) is 0.860. The predicted molar refractivity (Wildman–Crippen MR) is 75.9 cm³/mol. The first-order valence-corrected chi connectivity index (χ1v) is 7.74. The largest absolute Gasteiger partial charge is 0.550 e. The number of hydrogen-bond acceptors (Lipinski definition) is 4. The molecule has 0 aromatic heterocycles. The van der Waals surface area contributed by atoms with Gasteiger partial charge in [0.2, 0.25) is 5.91 Å². The maximum absolute atomic E-state index is 12.3. The van der Waals surface area contributed by atoms with Crippen molar-refractivity contribution in [2.24, 2.45) is 11.8 Å². The van der Waals surface area contributed by atoms with Crippen molar-refractivity contribution in [2.75, 3.05) is 0 Å². The second-order valence-corrected chi connectivity index (χ2v) is 6.32. The zero-order valence-corrected chi connectivity index (χ0v) is 12.8. The average Bonchev–Trinajstić information content (AvgIpc) is 3.06. The summed E-state index contributed by atoms with van der Waals surface area (Å²) in [4.78, 5) is 23.6. The van der Waals surface area contributed by atoms with E-state index in [4.69, 9.17) is 4.74 Å². The Morgan fingerprint density at radius 1 is 1.24 bits per heavy atom. The number of amides is 1. The van der Waals surface area contributed by atoms with E-state index in [0.717, 1.165) is 16.5 Å². The van der Waals surface area contributed by atoms with Gasteiger partial charge in [-0.1, -0.05) is 34.1 Å². The van der Waals surface area contributed by atoms with Gasteiger partial charge in [-0.05, 0) is 24.5 Å². The van der Waals surface area contributed by atoms with Crippen molar-refractivity contribution in [3.63, 3.8) is 0 Å². The van der Waals surface area contributed by atoms with Crippen LogP contribution in [0.1, 0.15) is 18.4 Å². The first kappa shape index (κ1) is 14.5. The summed E-state index contributed by atoms with van der Waals surface area (Å²) < 4.78 is 6.47. The summed E-state index contributed by atoms with van der Waals surface area (Å²) in [5, 5.41) is 14.1. The number of halogens is 1. The highest BCUT2D eigenvalue weighted by molar-refractivity contribution is 9.10. The maximum atomic E-state index is 12.3. The molecule has 2 aliphatic rings. The van der Waals surface area contributed by atoms with Crippen molar-refractivity contribution in [2.45, 2.75) is 31.6 Å². The van der Waals surface area contributed by atoms with Crippen LogP contribution in [0.25, 0.3) is 0 Å². The van der Waals surface area contributed by atoms with Gasteiger partial charge in [0.25, 0.3) is 0 Å². The van der Waals surface area contributed by atoms with E-state index in [9.17, 15) is 14.7 Å². The number of rotatable bonds is 4. The van der Waals surface area contributed by atoms with E-state index < -0.39 is 17.8 Å². The van der Waals surface area contributed by atoms with Crippen molar-refractivity contribution >= 4 is 27.8 Å². The van der Waals surface area contributed by atoms with Crippen LogP contribution in [0.3, 0.4) is 0 Å². The van der Waals surface area contributed by atoms with Crippen LogP contribution in [0.2, 0.25) is 0 Å². The molecule has 21 heavy (non-hydrogen) atoms. The SMILES string of the molecule is O=C([O-])[C@@H]1[C@H](C(=O)NCc2ccccc2Br)[C@@H]2CC[C@H]1O2. The number of carbonyl (C=O) groups excluding carboxylic acids is 2. The van der Waals surface area contributed by atoms with Gasteiger partial charge in [0.1, 0.15) is 0 Å². The lowest BCUT2D eigenvalue weighted by molar-refractivity contribution is -0.314. The standard InChI is InChI=1S/C15H16BrNO4/c16-9-4-2-1-3-8(9)7-17-14(18)12-10-5-6-11(21-10)13(12)15(19)20/h1-4,10-13H,5-7H2,(H,17,18)(H,19,20)/p-1/t10-,11+,12+,13-/m0/s1. The van der Waals surface area contributed by atoms with E-state index in [1.807, 2.05) is 24.3 Å². The highest BCUT2D eigenvalue weighted by atomic mass is 79.9. The highest BCUT2D eigenvalue weighted by Gasteiger charge is 2.52. The molecule has 0 saturated carbocycles. The summed E-state index contributed by atoms with van der Waals surface area (Å²) in [5.41, 5.74) is 0.944. The Hall–Kier alpha value is -1.40. The first-order chi connectivity index (χ1) is 10.1. The van der Waals surface area contributed by atoms with E-state index in [1.54, 1.807) is 0 Å². The second-order valence-electron chi connectivity index (χ2n) is 5.47. The van der Waals surface area contributed by atoms with Crippen LogP contribution in [-0.4, -0.2) is 24.1 Å². The lowest BCUT2D eigenvalue weighted by atomic mass is 9.78. The molecule has 5 nitrogen and oxygen atoms in total. The van der Waals surface area contributed by atoms with Crippen molar-refractivity contribution in [1.82, 2.24) is 5.32 Å². The van der Waals surface area contributed by atoms with Crippen LogP contribution in [0, 0.1) is 11.8 Å². The Labute approximate surface area is 130 Å². The van der Waals surface area contributed by atoms with Gasteiger partial charge in [0.05, 0.1) is 18.1 Å². The molecule has 1 amide bonds. The van der Waals surface area contributed by atoms with Crippen molar-refractivity contribution in [3.8, 4) is 0 Å². The second kappa shape index (κ2) is 5.77. The minimum Gasteiger partial charge on any atom is -0.550 e. The third kappa shape index (κ3) is 2.70. The Morgan fingerprint density at radius 3 is 2.57 bits per heavy atom. The van der Waals surface area contributed by atoms with Gasteiger partial charge in [-0.25, -0.2) is 0 Å². The topological polar surface area (TPSA) is 78.5 Å². The number of carbonyl (C=O) groups is 2. The zero-order chi connectivity index (χ0) is 15.0. The number of nitrogens with one attached hydrogen (secondary N) is 1. The van der Waals surface area contributed by atoms with Gasteiger partial charge in [-0.15, -0.1) is 0 Å². The van der Waals surface area contributed by atoms with Crippen LogP contribution in [0.4, 0.5) is 0 Å². The Bertz CT molecular complexity index is 577. The number of ether oxygens (including phenoxy) is 1. The fourth-order valence-electron chi connectivity index (χ4n) is 3.25. The Kier molecular flexibility index (Phi) is 3.99. The van der Waals surface area contributed by atoms with Crippen LogP contribution in [-0.2, 0) is 20.9 Å². The number of hydrogen-bond donors (Lipinski definition) is 1. The van der Waals surface area contributed by atoms with Gasteiger partial charge in [0, 0.05) is 22.9 Å². The molecular formula is C15H15BrNO4-. The Morgan fingerprint density at radius 2 is 1.90 bits per heavy atom. The zero-order valence-electron chi connectivity index (χ0n) is 11.3. The van der Waals surface area contributed by atoms with Crippen molar-refractivity contribution in [1.29, 1.82) is 0 Å². The van der Waals surface area contributed by atoms with Crippen LogP contribution < -0.4 is 10.4 Å². The van der Waals surface area contributed by atoms with E-state index in [2.05, 4.69) is 21.2 Å². The average molecular weight is 353 g/mol. The van der Waals surface area contributed by atoms with Crippen LogP contribution in [0.15, 0.2) is 28.7 Å². The molecular weight excluding hydrogens is 338 g/mol. The van der Waals surface area contributed by atoms with E-state index in [-0.39, 0.29) is 18.1 Å². The number of benzene rings is 1. The maximum Gasteiger partial charge on any atom is 0.226 e. The summed E-state index contributed by atoms with van der Waals surface area (Å²) in [6.45, 7) is 0.355. The third-order valence-electron chi connectivity index (χ3n) is 4.26. The molecule has 0 radical (unpaired) electrons. The molecule has 6 heteroatoms. The summed E-state index contributed by atoms with van der Waals surface area (Å²) in [6.07, 6.45) is 0.759. The molecule has 112 valence electrons. The Balaban J connectivity index is 1.68. The van der Waals surface area contributed by atoms with Gasteiger partial charge in [0.15, 0.2) is 0 Å². The minimum atomic E-state index is -1.19. The fraction of sp³-hybridized carbons (Fsp3) is 0.467. The van der Waals surface area contributed by atoms with Crippen LogP contribution >= 0.6 is 15.9 Å². The molecule has 2 bridgehead atoms. The smallest absolute Gasteiger partial charge is 0.226 e. The van der Waals surface area contributed by atoms with E-state index in [0.29, 0.717) is 13.0 Å². The molecule has 3 rings (SSSR count). The molecule has 2 saturated heterocycles. The lowest BCUT2D eigenvalue weighted by Gasteiger charge is -2.27. The monoisotopic (exact) mass is 352 g/mol. The van der Waals surface area contributed by atoms with Gasteiger partial charge >= 0.3 is 0 Å². The predicted octanol–water partition coefficient (Wildman–Crippen LogP) is 0.609. The summed E-state index contributed by atoms with van der Waals surface area (Å²) >= 11 is 3.42. The number of aliphatic carboxylic acids is 1. The molecule has 1 aromatic carbocycles. The highest BCUT2D eigenvalue weighted by Crippen LogP contribution is 2.43. The summed E-state index contributed by atoms with van der Waals surface area (Å²) in [6, 6.07) is 7.58. The van der Waals surface area contributed by atoms with Gasteiger partial charge in [-0.3, -0.25) is 4.79 Å². The molecule has 1 N–H and O–H groups in total. The molecule has 4 atom stereocenters. The molecule has 0 aliphatic carbocycles. The minimum absolute atomic E-state index is 0.271. The third-order valence-corrected chi connectivity index (χ3v) is 5.03. The number of fused-ring (bicyclic) bond motifs is 2. The first-order valence-electron chi connectivity index (χ1n) is 6.95. The molecule has 0 unspecified atom stereocenters. The van der Waals surface area contributed by atoms with Crippen LogP contribution in [0.5, 0.6) is 0 Å². The van der Waals surface area contributed by atoms with Gasteiger partial charge in [-0.2, -0.15) is 0 Å². The van der Waals surface area contributed by atoms with E-state index >= 15 is 0 Å². The summed E-state index contributed by atoms with van der Waals surface area (Å²) in [5.74, 6) is -2.94.